The molecule has 0 aliphatic carbocycles. The lowest BCUT2D eigenvalue weighted by atomic mass is 10.1. The summed E-state index contributed by atoms with van der Waals surface area (Å²) in [4.78, 5) is 4.40. The SMILES string of the molecule is OCCCc1cccc(OCc2coc(/C=C/c3ccccc3)n2)c1. The highest BCUT2D eigenvalue weighted by Gasteiger charge is 2.03. The summed E-state index contributed by atoms with van der Waals surface area (Å²) in [7, 11) is 0. The smallest absolute Gasteiger partial charge is 0.218 e. The van der Waals surface area contributed by atoms with E-state index in [4.69, 9.17) is 14.3 Å². The van der Waals surface area contributed by atoms with Crippen LogP contribution in [0.5, 0.6) is 5.75 Å². The van der Waals surface area contributed by atoms with Crippen molar-refractivity contribution in [1.82, 2.24) is 4.98 Å². The number of aryl methyl sites for hydroxylation is 1. The molecule has 0 unspecified atom stereocenters. The van der Waals surface area contributed by atoms with Gasteiger partial charge in [-0.2, -0.15) is 0 Å². The molecule has 1 aromatic heterocycles. The van der Waals surface area contributed by atoms with Gasteiger partial charge in [0.25, 0.3) is 0 Å². The summed E-state index contributed by atoms with van der Waals surface area (Å²) >= 11 is 0. The number of nitrogens with zero attached hydrogens (tertiary/aromatic N) is 1. The molecular formula is C21H21NO3. The topological polar surface area (TPSA) is 55.5 Å². The summed E-state index contributed by atoms with van der Waals surface area (Å²) in [6, 6.07) is 17.9. The van der Waals surface area contributed by atoms with Crippen molar-refractivity contribution >= 4 is 12.2 Å². The Labute approximate surface area is 147 Å². The summed E-state index contributed by atoms with van der Waals surface area (Å²) in [6.07, 6.45) is 7.01. The number of hydrogen-bond acceptors (Lipinski definition) is 4. The van der Waals surface area contributed by atoms with Crippen molar-refractivity contribution in [2.24, 2.45) is 0 Å². The van der Waals surface area contributed by atoms with Gasteiger partial charge in [0.1, 0.15) is 24.3 Å². The standard InChI is InChI=1S/C21H21NO3/c23-13-5-9-18-8-4-10-20(14-18)24-15-19-16-25-21(22-19)12-11-17-6-2-1-3-7-17/h1-4,6-8,10-12,14,16,23H,5,9,13,15H2/b12-11+. The highest BCUT2D eigenvalue weighted by molar-refractivity contribution is 5.65. The molecule has 1 N–H and O–H groups in total. The van der Waals surface area contributed by atoms with Gasteiger partial charge in [-0.3, -0.25) is 0 Å². The molecule has 4 nitrogen and oxygen atoms in total. The van der Waals surface area contributed by atoms with E-state index in [0.29, 0.717) is 12.5 Å². The van der Waals surface area contributed by atoms with Crippen molar-refractivity contribution in [1.29, 1.82) is 0 Å². The van der Waals surface area contributed by atoms with E-state index in [1.54, 1.807) is 6.26 Å². The molecule has 4 heteroatoms. The number of aliphatic hydroxyl groups excluding tert-OH is 1. The van der Waals surface area contributed by atoms with Gasteiger partial charge < -0.3 is 14.3 Å². The van der Waals surface area contributed by atoms with Crippen molar-refractivity contribution in [3.05, 3.63) is 83.6 Å². The molecule has 2 aromatic carbocycles. The maximum absolute atomic E-state index is 8.91. The first-order valence-electron chi connectivity index (χ1n) is 8.33. The summed E-state index contributed by atoms with van der Waals surface area (Å²) in [5.41, 5.74) is 2.99. The van der Waals surface area contributed by atoms with Crippen LogP contribution < -0.4 is 4.74 Å². The first-order chi connectivity index (χ1) is 12.3. The largest absolute Gasteiger partial charge is 0.487 e. The Bertz CT molecular complexity index is 809. The Hall–Kier alpha value is -2.85. The van der Waals surface area contributed by atoms with E-state index in [0.717, 1.165) is 35.4 Å². The molecule has 3 rings (SSSR count). The van der Waals surface area contributed by atoms with E-state index >= 15 is 0 Å². The van der Waals surface area contributed by atoms with Crippen LogP contribution >= 0.6 is 0 Å². The molecule has 0 radical (unpaired) electrons. The molecular weight excluding hydrogens is 314 g/mol. The number of rotatable bonds is 8. The lowest BCUT2D eigenvalue weighted by molar-refractivity contribution is 0.287. The van der Waals surface area contributed by atoms with E-state index in [2.05, 4.69) is 4.98 Å². The minimum Gasteiger partial charge on any atom is -0.487 e. The molecule has 0 saturated carbocycles. The van der Waals surface area contributed by atoms with Gasteiger partial charge in [0.2, 0.25) is 5.89 Å². The average Bonchev–Trinajstić information content (AvgIpc) is 3.12. The zero-order valence-electron chi connectivity index (χ0n) is 14.0. The van der Waals surface area contributed by atoms with Crippen LogP contribution in [0.4, 0.5) is 0 Å². The van der Waals surface area contributed by atoms with Crippen LogP contribution in [0.15, 0.2) is 65.3 Å². The minimum atomic E-state index is 0.198. The van der Waals surface area contributed by atoms with Gasteiger partial charge in [0.05, 0.1) is 0 Å². The van der Waals surface area contributed by atoms with Crippen LogP contribution in [0.2, 0.25) is 0 Å². The molecule has 0 bridgehead atoms. The van der Waals surface area contributed by atoms with E-state index in [1.807, 2.05) is 66.7 Å². The van der Waals surface area contributed by atoms with Crippen molar-refractivity contribution in [2.45, 2.75) is 19.4 Å². The second kappa shape index (κ2) is 8.85. The lowest BCUT2D eigenvalue weighted by Gasteiger charge is -2.06. The summed E-state index contributed by atoms with van der Waals surface area (Å²) in [6.45, 7) is 0.551. The third kappa shape index (κ3) is 5.33. The van der Waals surface area contributed by atoms with Gasteiger partial charge in [0, 0.05) is 12.7 Å². The van der Waals surface area contributed by atoms with E-state index in [1.165, 1.54) is 0 Å². The normalized spacial score (nSPS) is 11.1. The molecule has 0 aliphatic rings. The summed E-state index contributed by atoms with van der Waals surface area (Å²) in [5, 5.41) is 8.91. The van der Waals surface area contributed by atoms with Crippen molar-refractivity contribution < 1.29 is 14.3 Å². The summed E-state index contributed by atoms with van der Waals surface area (Å²) < 4.78 is 11.2. The van der Waals surface area contributed by atoms with Gasteiger partial charge in [-0.15, -0.1) is 0 Å². The van der Waals surface area contributed by atoms with Crippen LogP contribution in [0, 0.1) is 0 Å². The molecule has 0 saturated heterocycles. The van der Waals surface area contributed by atoms with Gasteiger partial charge in [-0.1, -0.05) is 42.5 Å². The Kier molecular flexibility index (Phi) is 6.01. The monoisotopic (exact) mass is 335 g/mol. The zero-order valence-corrected chi connectivity index (χ0v) is 14.0. The van der Waals surface area contributed by atoms with Crippen molar-refractivity contribution in [2.75, 3.05) is 6.61 Å². The van der Waals surface area contributed by atoms with Crippen LogP contribution in [-0.4, -0.2) is 16.7 Å². The van der Waals surface area contributed by atoms with Gasteiger partial charge in [-0.05, 0) is 42.2 Å². The lowest BCUT2D eigenvalue weighted by Crippen LogP contribution is -1.97. The van der Waals surface area contributed by atoms with Crippen LogP contribution in [0.3, 0.4) is 0 Å². The minimum absolute atomic E-state index is 0.198. The average molecular weight is 335 g/mol. The molecule has 0 amide bonds. The van der Waals surface area contributed by atoms with Crippen molar-refractivity contribution in [3.63, 3.8) is 0 Å². The maximum Gasteiger partial charge on any atom is 0.218 e. The molecule has 3 aromatic rings. The second-order valence-corrected chi connectivity index (χ2v) is 5.68. The first kappa shape index (κ1) is 17.0. The number of oxazole rings is 1. The fraction of sp³-hybridized carbons (Fsp3) is 0.190. The maximum atomic E-state index is 8.91. The van der Waals surface area contributed by atoms with E-state index in [-0.39, 0.29) is 6.61 Å². The van der Waals surface area contributed by atoms with Gasteiger partial charge >= 0.3 is 0 Å². The molecule has 1 heterocycles. The fourth-order valence-electron chi connectivity index (χ4n) is 2.43. The second-order valence-electron chi connectivity index (χ2n) is 5.68. The molecule has 25 heavy (non-hydrogen) atoms. The highest BCUT2D eigenvalue weighted by Crippen LogP contribution is 2.16. The zero-order chi connectivity index (χ0) is 17.3. The van der Waals surface area contributed by atoms with Crippen LogP contribution in [0.25, 0.3) is 12.2 Å². The number of hydrogen-bond donors (Lipinski definition) is 1. The Morgan fingerprint density at radius 2 is 1.92 bits per heavy atom. The van der Waals surface area contributed by atoms with Gasteiger partial charge in [0.15, 0.2) is 0 Å². The molecule has 128 valence electrons. The van der Waals surface area contributed by atoms with Crippen molar-refractivity contribution in [3.8, 4) is 5.75 Å². The predicted octanol–water partition coefficient (Wildman–Crippen LogP) is 4.35. The fourth-order valence-corrected chi connectivity index (χ4v) is 2.43. The summed E-state index contributed by atoms with van der Waals surface area (Å²) in [5.74, 6) is 1.35. The number of benzene rings is 2. The number of aromatic nitrogens is 1. The Balaban J connectivity index is 1.56. The molecule has 0 spiro atoms. The Morgan fingerprint density at radius 1 is 1.04 bits per heavy atom. The predicted molar refractivity (Wildman–Crippen MR) is 98.1 cm³/mol. The van der Waals surface area contributed by atoms with E-state index in [9.17, 15) is 0 Å². The number of ether oxygens (including phenoxy) is 1. The first-order valence-corrected chi connectivity index (χ1v) is 8.33. The van der Waals surface area contributed by atoms with E-state index < -0.39 is 0 Å². The molecule has 0 aliphatic heterocycles. The third-order valence-electron chi connectivity index (χ3n) is 3.70. The van der Waals surface area contributed by atoms with Gasteiger partial charge in [-0.25, -0.2) is 4.98 Å². The third-order valence-corrected chi connectivity index (χ3v) is 3.70. The van der Waals surface area contributed by atoms with Crippen LogP contribution in [-0.2, 0) is 13.0 Å². The molecule has 0 fully saturated rings. The van der Waals surface area contributed by atoms with Crippen LogP contribution in [0.1, 0.15) is 29.1 Å². The quantitative estimate of drug-likeness (QED) is 0.665. The Morgan fingerprint density at radius 3 is 2.76 bits per heavy atom. The molecule has 0 atom stereocenters. The number of aliphatic hydroxyl groups is 1. The highest BCUT2D eigenvalue weighted by atomic mass is 16.5.